The fourth-order valence-corrected chi connectivity index (χ4v) is 2.23. The number of benzene rings is 1. The lowest BCUT2D eigenvalue weighted by molar-refractivity contribution is -0.118. The van der Waals surface area contributed by atoms with Crippen LogP contribution in [0, 0.1) is 0 Å². The third-order valence-electron chi connectivity index (χ3n) is 3.24. The third-order valence-corrected chi connectivity index (χ3v) is 3.24. The molecule has 0 fully saturated rings. The van der Waals surface area contributed by atoms with Gasteiger partial charge in [0.25, 0.3) is 0 Å². The molecule has 0 aliphatic carbocycles. The summed E-state index contributed by atoms with van der Waals surface area (Å²) in [7, 11) is 0. The number of pyridine rings is 1. The molecule has 1 unspecified atom stereocenters. The van der Waals surface area contributed by atoms with E-state index in [9.17, 15) is 4.79 Å². The summed E-state index contributed by atoms with van der Waals surface area (Å²) in [6.45, 7) is 1.97. The second-order valence-corrected chi connectivity index (χ2v) is 5.07. The topological polar surface area (TPSA) is 56.0 Å². The molecule has 1 aromatic heterocycles. The van der Waals surface area contributed by atoms with E-state index in [1.54, 1.807) is 6.20 Å². The van der Waals surface area contributed by atoms with Crippen LogP contribution >= 0.6 is 0 Å². The van der Waals surface area contributed by atoms with Crippen LogP contribution in [0.25, 0.3) is 10.9 Å². The Hall–Kier alpha value is -1.74. The van der Waals surface area contributed by atoms with Crippen molar-refractivity contribution >= 4 is 16.7 Å². The molecule has 0 saturated carbocycles. The zero-order valence-electron chi connectivity index (χ0n) is 11.3. The Bertz CT molecular complexity index is 558. The van der Waals surface area contributed by atoms with Gasteiger partial charge in [-0.05, 0) is 37.5 Å². The number of rotatable bonds is 6. The van der Waals surface area contributed by atoms with Gasteiger partial charge in [-0.15, -0.1) is 0 Å². The minimum absolute atomic E-state index is 0.176. The van der Waals surface area contributed by atoms with Crippen molar-refractivity contribution in [1.29, 1.82) is 0 Å². The Balaban J connectivity index is 2.03. The number of ketones is 1. The van der Waals surface area contributed by atoms with Crippen molar-refractivity contribution in [2.24, 2.45) is 5.73 Å². The molecule has 1 atom stereocenters. The normalized spacial score (nSPS) is 12.5. The van der Waals surface area contributed by atoms with E-state index < -0.39 is 0 Å². The molecule has 0 aliphatic rings. The maximum absolute atomic E-state index is 12.0. The molecule has 0 amide bonds. The van der Waals surface area contributed by atoms with Crippen LogP contribution in [-0.4, -0.2) is 16.8 Å². The van der Waals surface area contributed by atoms with E-state index >= 15 is 0 Å². The van der Waals surface area contributed by atoms with E-state index in [1.807, 2.05) is 37.3 Å². The molecule has 0 aliphatic heterocycles. The van der Waals surface area contributed by atoms with Gasteiger partial charge in [0.15, 0.2) is 0 Å². The number of nitrogens with zero attached hydrogens (tertiary/aromatic N) is 1. The van der Waals surface area contributed by atoms with Crippen molar-refractivity contribution in [2.45, 2.75) is 38.6 Å². The SMILES string of the molecule is CC(N)CCCC(=O)Cc1ccnc2ccccc12. The number of fused-ring (bicyclic) bond motifs is 1. The Labute approximate surface area is 113 Å². The Kier molecular flexibility index (Phi) is 4.63. The van der Waals surface area contributed by atoms with Crippen LogP contribution in [0.5, 0.6) is 0 Å². The highest BCUT2D eigenvalue weighted by molar-refractivity contribution is 5.88. The molecule has 3 heteroatoms. The molecule has 19 heavy (non-hydrogen) atoms. The van der Waals surface area contributed by atoms with Crippen molar-refractivity contribution in [3.05, 3.63) is 42.1 Å². The van der Waals surface area contributed by atoms with Crippen molar-refractivity contribution in [3.63, 3.8) is 0 Å². The first-order valence-electron chi connectivity index (χ1n) is 6.76. The summed E-state index contributed by atoms with van der Waals surface area (Å²) in [6.07, 6.45) is 4.65. The van der Waals surface area contributed by atoms with Gasteiger partial charge in [-0.1, -0.05) is 18.2 Å². The molecule has 2 rings (SSSR count). The van der Waals surface area contributed by atoms with Crippen LogP contribution in [0.4, 0.5) is 0 Å². The average Bonchev–Trinajstić information content (AvgIpc) is 2.39. The highest BCUT2D eigenvalue weighted by Crippen LogP contribution is 2.17. The minimum Gasteiger partial charge on any atom is -0.328 e. The van der Waals surface area contributed by atoms with Crippen LogP contribution in [0.15, 0.2) is 36.5 Å². The summed E-state index contributed by atoms with van der Waals surface area (Å²) in [6, 6.07) is 10.0. The molecule has 0 bridgehead atoms. The Morgan fingerprint density at radius 2 is 2.11 bits per heavy atom. The average molecular weight is 256 g/mol. The summed E-state index contributed by atoms with van der Waals surface area (Å²) in [5.74, 6) is 0.275. The molecule has 2 N–H and O–H groups in total. The molecule has 0 spiro atoms. The first-order valence-corrected chi connectivity index (χ1v) is 6.76. The van der Waals surface area contributed by atoms with Gasteiger partial charge in [0.2, 0.25) is 0 Å². The number of hydrogen-bond donors (Lipinski definition) is 1. The van der Waals surface area contributed by atoms with E-state index in [0.717, 1.165) is 29.3 Å². The number of nitrogens with two attached hydrogens (primary N) is 1. The molecular formula is C16H20N2O. The van der Waals surface area contributed by atoms with Crippen LogP contribution < -0.4 is 5.73 Å². The summed E-state index contributed by atoms with van der Waals surface area (Å²) < 4.78 is 0. The van der Waals surface area contributed by atoms with Gasteiger partial charge in [0, 0.05) is 30.5 Å². The van der Waals surface area contributed by atoms with E-state index in [4.69, 9.17) is 5.73 Å². The number of carbonyl (C=O) groups excluding carboxylic acids is 1. The standard InChI is InChI=1S/C16H20N2O/c1-12(17)5-4-6-14(19)11-13-9-10-18-16-8-3-2-7-15(13)16/h2-3,7-10,12H,4-6,11,17H2,1H3. The summed E-state index contributed by atoms with van der Waals surface area (Å²) in [5, 5.41) is 1.07. The van der Waals surface area contributed by atoms with Crippen molar-refractivity contribution in [1.82, 2.24) is 4.98 Å². The first kappa shape index (κ1) is 13.7. The smallest absolute Gasteiger partial charge is 0.137 e. The number of Topliss-reactive ketones (excluding diaryl/α,β-unsaturated/α-hetero) is 1. The maximum Gasteiger partial charge on any atom is 0.137 e. The van der Waals surface area contributed by atoms with E-state index in [-0.39, 0.29) is 11.8 Å². The van der Waals surface area contributed by atoms with Crippen LogP contribution in [0.3, 0.4) is 0 Å². The highest BCUT2D eigenvalue weighted by atomic mass is 16.1. The van der Waals surface area contributed by atoms with E-state index in [0.29, 0.717) is 12.8 Å². The predicted octanol–water partition coefficient (Wildman–Crippen LogP) is 2.86. The Morgan fingerprint density at radius 3 is 2.89 bits per heavy atom. The van der Waals surface area contributed by atoms with Gasteiger partial charge in [0.05, 0.1) is 5.52 Å². The maximum atomic E-state index is 12.0. The lowest BCUT2D eigenvalue weighted by Gasteiger charge is -2.06. The van der Waals surface area contributed by atoms with Gasteiger partial charge < -0.3 is 5.73 Å². The van der Waals surface area contributed by atoms with Crippen molar-refractivity contribution in [3.8, 4) is 0 Å². The van der Waals surface area contributed by atoms with E-state index in [2.05, 4.69) is 4.98 Å². The van der Waals surface area contributed by atoms with Gasteiger partial charge in [-0.25, -0.2) is 0 Å². The molecule has 100 valence electrons. The molecule has 0 saturated heterocycles. The van der Waals surface area contributed by atoms with E-state index in [1.165, 1.54) is 0 Å². The number of para-hydroxylation sites is 1. The van der Waals surface area contributed by atoms with Crippen LogP contribution in [0.2, 0.25) is 0 Å². The predicted molar refractivity (Wildman–Crippen MR) is 78.0 cm³/mol. The molecule has 2 aromatic rings. The minimum atomic E-state index is 0.176. The quantitative estimate of drug-likeness (QED) is 0.864. The molecule has 3 nitrogen and oxygen atoms in total. The van der Waals surface area contributed by atoms with Gasteiger partial charge >= 0.3 is 0 Å². The van der Waals surface area contributed by atoms with Gasteiger partial charge in [-0.2, -0.15) is 0 Å². The zero-order valence-corrected chi connectivity index (χ0v) is 11.3. The lowest BCUT2D eigenvalue weighted by Crippen LogP contribution is -2.15. The first-order chi connectivity index (χ1) is 9.16. The third kappa shape index (κ3) is 3.86. The molecule has 1 heterocycles. The highest BCUT2D eigenvalue weighted by Gasteiger charge is 2.07. The van der Waals surface area contributed by atoms with Gasteiger partial charge in [0.1, 0.15) is 5.78 Å². The van der Waals surface area contributed by atoms with Crippen LogP contribution in [0.1, 0.15) is 31.7 Å². The van der Waals surface area contributed by atoms with Crippen LogP contribution in [-0.2, 0) is 11.2 Å². The summed E-state index contributed by atoms with van der Waals surface area (Å²) in [5.41, 5.74) is 7.70. The number of aromatic nitrogens is 1. The summed E-state index contributed by atoms with van der Waals surface area (Å²) >= 11 is 0. The lowest BCUT2D eigenvalue weighted by atomic mass is 10.0. The second-order valence-electron chi connectivity index (χ2n) is 5.07. The van der Waals surface area contributed by atoms with Gasteiger partial charge in [-0.3, -0.25) is 9.78 Å². The zero-order chi connectivity index (χ0) is 13.7. The summed E-state index contributed by atoms with van der Waals surface area (Å²) in [4.78, 5) is 16.3. The fourth-order valence-electron chi connectivity index (χ4n) is 2.23. The van der Waals surface area contributed by atoms with Crippen molar-refractivity contribution < 1.29 is 4.79 Å². The monoisotopic (exact) mass is 256 g/mol. The number of carbonyl (C=O) groups is 1. The molecule has 0 radical (unpaired) electrons. The fraction of sp³-hybridized carbons (Fsp3) is 0.375. The molecule has 1 aromatic carbocycles. The molecular weight excluding hydrogens is 236 g/mol. The Morgan fingerprint density at radius 1 is 1.32 bits per heavy atom. The second kappa shape index (κ2) is 6.43. The number of hydrogen-bond acceptors (Lipinski definition) is 3. The largest absolute Gasteiger partial charge is 0.328 e. The van der Waals surface area contributed by atoms with Crippen molar-refractivity contribution in [2.75, 3.05) is 0 Å².